The Morgan fingerprint density at radius 2 is 1.84 bits per heavy atom. The number of amides is 3. The molecular formula is C23H20Cl2N2O4. The highest BCUT2D eigenvalue weighted by molar-refractivity contribution is 6.35. The topological polar surface area (TPSA) is 78.9 Å². The van der Waals surface area contributed by atoms with E-state index in [-0.39, 0.29) is 18.2 Å². The molecule has 3 aromatic rings. The molecule has 1 aliphatic heterocycles. The molecule has 6 nitrogen and oxygen atoms in total. The summed E-state index contributed by atoms with van der Waals surface area (Å²) in [6, 6.07) is 17.5. The number of ether oxygens (including phenoxy) is 1. The Morgan fingerprint density at radius 3 is 2.61 bits per heavy atom. The monoisotopic (exact) mass is 458 g/mol. The van der Waals surface area contributed by atoms with E-state index in [0.29, 0.717) is 16.3 Å². The fourth-order valence-corrected chi connectivity index (χ4v) is 4.31. The summed E-state index contributed by atoms with van der Waals surface area (Å²) in [4.78, 5) is 26.5. The van der Waals surface area contributed by atoms with Gasteiger partial charge in [0.1, 0.15) is 24.0 Å². The van der Waals surface area contributed by atoms with Crippen molar-refractivity contribution in [1.82, 2.24) is 10.2 Å². The summed E-state index contributed by atoms with van der Waals surface area (Å²) in [5.41, 5.74) is -0.921. The van der Waals surface area contributed by atoms with Crippen molar-refractivity contribution in [2.45, 2.75) is 18.6 Å². The molecule has 2 atom stereocenters. The zero-order chi connectivity index (χ0) is 22.2. The number of carbonyl (C=O) groups excluding carboxylic acids is 2. The van der Waals surface area contributed by atoms with Gasteiger partial charge in [0.25, 0.3) is 5.91 Å². The van der Waals surface area contributed by atoms with Crippen molar-refractivity contribution in [3.63, 3.8) is 0 Å². The van der Waals surface area contributed by atoms with Crippen LogP contribution in [0.3, 0.4) is 0 Å². The second-order valence-electron chi connectivity index (χ2n) is 7.54. The number of halogens is 2. The van der Waals surface area contributed by atoms with Crippen LogP contribution in [0.25, 0.3) is 10.8 Å². The van der Waals surface area contributed by atoms with Crippen molar-refractivity contribution in [2.24, 2.45) is 0 Å². The van der Waals surface area contributed by atoms with Gasteiger partial charge in [0.2, 0.25) is 0 Å². The van der Waals surface area contributed by atoms with E-state index in [9.17, 15) is 14.7 Å². The van der Waals surface area contributed by atoms with Gasteiger partial charge in [-0.05, 0) is 30.5 Å². The van der Waals surface area contributed by atoms with Gasteiger partial charge < -0.3 is 15.2 Å². The quantitative estimate of drug-likeness (QED) is 0.538. The molecule has 4 rings (SSSR count). The van der Waals surface area contributed by atoms with Crippen LogP contribution < -0.4 is 10.1 Å². The van der Waals surface area contributed by atoms with Crippen LogP contribution in [0.5, 0.6) is 5.75 Å². The number of nitrogens with one attached hydrogen (secondary N) is 1. The largest absolute Gasteiger partial charge is 0.490 e. The first kappa shape index (κ1) is 21.4. The average Bonchev–Trinajstić information content (AvgIpc) is 2.95. The van der Waals surface area contributed by atoms with Crippen LogP contribution in [0, 0.1) is 0 Å². The van der Waals surface area contributed by atoms with Gasteiger partial charge in [-0.15, -0.1) is 0 Å². The standard InChI is InChI=1S/C23H20Cl2N2O4/c1-23(18-10-9-15(24)11-19(18)25)21(29)27(22(30)26-23)12-16(28)13-31-20-8-4-6-14-5-2-3-7-17(14)20/h2-11,16,28H,12-13H2,1H3,(H,26,30). The lowest BCUT2D eigenvalue weighted by Gasteiger charge is -2.24. The van der Waals surface area contributed by atoms with Gasteiger partial charge in [-0.2, -0.15) is 0 Å². The van der Waals surface area contributed by atoms with E-state index in [1.165, 1.54) is 6.07 Å². The van der Waals surface area contributed by atoms with Gasteiger partial charge in [-0.1, -0.05) is 65.7 Å². The normalized spacial score (nSPS) is 19.5. The Bertz CT molecular complexity index is 1160. The van der Waals surface area contributed by atoms with Crippen molar-refractivity contribution in [1.29, 1.82) is 0 Å². The molecule has 0 aliphatic carbocycles. The molecule has 0 bridgehead atoms. The van der Waals surface area contributed by atoms with Crippen LogP contribution in [0.4, 0.5) is 4.79 Å². The van der Waals surface area contributed by atoms with Gasteiger partial charge in [0.05, 0.1) is 6.54 Å². The lowest BCUT2D eigenvalue weighted by Crippen LogP contribution is -2.43. The Labute approximate surface area is 189 Å². The summed E-state index contributed by atoms with van der Waals surface area (Å²) in [6.45, 7) is 1.28. The molecule has 160 valence electrons. The lowest BCUT2D eigenvalue weighted by molar-refractivity contribution is -0.132. The summed E-state index contributed by atoms with van der Waals surface area (Å²) in [5, 5.41) is 15.8. The minimum absolute atomic E-state index is 0.0799. The average molecular weight is 459 g/mol. The van der Waals surface area contributed by atoms with E-state index < -0.39 is 23.6 Å². The summed E-state index contributed by atoms with van der Waals surface area (Å²) in [6.07, 6.45) is -1.07. The third-order valence-electron chi connectivity index (χ3n) is 5.32. The Hall–Kier alpha value is -2.80. The SMILES string of the molecule is CC1(c2ccc(Cl)cc2Cl)NC(=O)N(CC(O)COc2cccc3ccccc23)C1=O. The van der Waals surface area contributed by atoms with E-state index in [2.05, 4.69) is 5.32 Å². The van der Waals surface area contributed by atoms with Gasteiger partial charge in [0, 0.05) is 21.0 Å². The number of urea groups is 1. The number of benzene rings is 3. The Kier molecular flexibility index (Phi) is 5.79. The van der Waals surface area contributed by atoms with E-state index in [4.69, 9.17) is 27.9 Å². The number of imide groups is 1. The van der Waals surface area contributed by atoms with Crippen molar-refractivity contribution in [2.75, 3.05) is 13.2 Å². The van der Waals surface area contributed by atoms with Gasteiger partial charge in [0.15, 0.2) is 0 Å². The second kappa shape index (κ2) is 8.38. The second-order valence-corrected chi connectivity index (χ2v) is 8.38. The predicted molar refractivity (Wildman–Crippen MR) is 120 cm³/mol. The van der Waals surface area contributed by atoms with Crippen LogP contribution in [-0.2, 0) is 10.3 Å². The van der Waals surface area contributed by atoms with Crippen LogP contribution in [-0.4, -0.2) is 41.2 Å². The number of fused-ring (bicyclic) bond motifs is 1. The summed E-state index contributed by atoms with van der Waals surface area (Å²) >= 11 is 12.2. The summed E-state index contributed by atoms with van der Waals surface area (Å²) in [5.74, 6) is 0.109. The number of rotatable bonds is 6. The highest BCUT2D eigenvalue weighted by Crippen LogP contribution is 2.35. The Morgan fingerprint density at radius 1 is 1.10 bits per heavy atom. The third kappa shape index (κ3) is 4.06. The fourth-order valence-electron chi connectivity index (χ4n) is 3.71. The molecular weight excluding hydrogens is 439 g/mol. The molecule has 1 saturated heterocycles. The number of β-amino-alcohol motifs (C(OH)–C–C–N with tert-alkyl or cyclic N) is 1. The van der Waals surface area contributed by atoms with Crippen molar-refractivity contribution in [3.05, 3.63) is 76.3 Å². The van der Waals surface area contributed by atoms with Gasteiger partial charge in [-0.3, -0.25) is 9.69 Å². The van der Waals surface area contributed by atoms with Crippen LogP contribution in [0.2, 0.25) is 10.0 Å². The smallest absolute Gasteiger partial charge is 0.325 e. The Balaban J connectivity index is 1.46. The first-order valence-corrected chi connectivity index (χ1v) is 10.4. The maximum atomic E-state index is 13.1. The number of hydrogen-bond acceptors (Lipinski definition) is 4. The molecule has 2 unspecified atom stereocenters. The lowest BCUT2D eigenvalue weighted by atomic mass is 9.92. The number of aliphatic hydroxyl groups excluding tert-OH is 1. The van der Waals surface area contributed by atoms with E-state index >= 15 is 0 Å². The van der Waals surface area contributed by atoms with Crippen LogP contribution in [0.1, 0.15) is 12.5 Å². The van der Waals surface area contributed by atoms with Crippen LogP contribution in [0.15, 0.2) is 60.7 Å². The molecule has 1 heterocycles. The number of aliphatic hydroxyl groups is 1. The summed E-state index contributed by atoms with van der Waals surface area (Å²) in [7, 11) is 0. The molecule has 1 fully saturated rings. The van der Waals surface area contributed by atoms with Gasteiger partial charge in [-0.25, -0.2) is 4.79 Å². The van der Waals surface area contributed by atoms with Gasteiger partial charge >= 0.3 is 6.03 Å². The van der Waals surface area contributed by atoms with E-state index in [0.717, 1.165) is 15.7 Å². The zero-order valence-electron chi connectivity index (χ0n) is 16.6. The fraction of sp³-hybridized carbons (Fsp3) is 0.217. The van der Waals surface area contributed by atoms with E-state index in [1.807, 2.05) is 42.5 Å². The van der Waals surface area contributed by atoms with Crippen molar-refractivity contribution < 1.29 is 19.4 Å². The maximum absolute atomic E-state index is 13.1. The van der Waals surface area contributed by atoms with E-state index in [1.54, 1.807) is 19.1 Å². The molecule has 0 saturated carbocycles. The number of carbonyl (C=O) groups is 2. The molecule has 0 radical (unpaired) electrons. The van der Waals surface area contributed by atoms with Crippen molar-refractivity contribution in [3.8, 4) is 5.75 Å². The molecule has 0 spiro atoms. The predicted octanol–water partition coefficient (Wildman–Crippen LogP) is 4.35. The summed E-state index contributed by atoms with van der Waals surface area (Å²) < 4.78 is 5.78. The molecule has 2 N–H and O–H groups in total. The highest BCUT2D eigenvalue weighted by Gasteiger charge is 2.50. The third-order valence-corrected chi connectivity index (χ3v) is 5.87. The highest BCUT2D eigenvalue weighted by atomic mass is 35.5. The molecule has 1 aliphatic rings. The first-order valence-electron chi connectivity index (χ1n) is 9.68. The van der Waals surface area contributed by atoms with Crippen LogP contribution >= 0.6 is 23.2 Å². The molecule has 3 aromatic carbocycles. The molecule has 3 amide bonds. The number of hydrogen-bond donors (Lipinski definition) is 2. The minimum Gasteiger partial charge on any atom is -0.490 e. The van der Waals surface area contributed by atoms with Crippen molar-refractivity contribution >= 4 is 45.9 Å². The minimum atomic E-state index is -1.35. The molecule has 0 aromatic heterocycles. The molecule has 8 heteroatoms. The maximum Gasteiger partial charge on any atom is 0.325 e. The number of nitrogens with zero attached hydrogens (tertiary/aromatic N) is 1. The molecule has 31 heavy (non-hydrogen) atoms. The first-order chi connectivity index (χ1) is 14.8. The zero-order valence-corrected chi connectivity index (χ0v) is 18.2.